The van der Waals surface area contributed by atoms with Crippen molar-refractivity contribution in [2.24, 2.45) is 28.0 Å². The maximum absolute atomic E-state index is 14.3. The normalized spacial score (nSPS) is 28.9. The fraction of sp³-hybridized carbons (Fsp3) is 0.351. The lowest BCUT2D eigenvalue weighted by Gasteiger charge is -2.50. The molecular weight excluding hydrogens is 681 g/mol. The molecule has 0 unspecified atom stereocenters. The summed E-state index contributed by atoms with van der Waals surface area (Å²) in [5.74, 6) is -5.70. The van der Waals surface area contributed by atoms with Crippen molar-refractivity contribution in [3.8, 4) is 11.5 Å². The number of halogens is 2. The Kier molecular flexibility index (Phi) is 8.26. The first-order chi connectivity index (χ1) is 23.8. The molecule has 0 aromatic heterocycles. The number of carbonyl (C=O) groups is 4. The Hall–Kier alpha value is -4.74. The Balaban J connectivity index is 1.23. The summed E-state index contributed by atoms with van der Waals surface area (Å²) in [4.78, 5) is 55.9. The molecule has 2 saturated heterocycles. The van der Waals surface area contributed by atoms with E-state index in [1.807, 2.05) is 49.3 Å². The van der Waals surface area contributed by atoms with Gasteiger partial charge in [-0.05, 0) is 80.3 Å². The van der Waals surface area contributed by atoms with Crippen LogP contribution in [-0.4, -0.2) is 71.1 Å². The predicted molar refractivity (Wildman–Crippen MR) is 189 cm³/mol. The number of ether oxygens (including phenoxy) is 1. The minimum Gasteiger partial charge on any atom is -0.504 e. The summed E-state index contributed by atoms with van der Waals surface area (Å²) in [6, 6.07) is 19.1. The van der Waals surface area contributed by atoms with Crippen LogP contribution in [0.2, 0.25) is 0 Å². The van der Waals surface area contributed by atoms with E-state index in [0.29, 0.717) is 22.6 Å². The fourth-order valence-electron chi connectivity index (χ4n) is 7.99. The van der Waals surface area contributed by atoms with Crippen LogP contribution in [0.25, 0.3) is 0 Å². The van der Waals surface area contributed by atoms with E-state index in [-0.39, 0.29) is 42.4 Å². The largest absolute Gasteiger partial charge is 0.504 e. The van der Waals surface area contributed by atoms with E-state index in [1.165, 1.54) is 11.9 Å². The molecule has 3 fully saturated rings. The fourth-order valence-corrected chi connectivity index (χ4v) is 9.00. The van der Waals surface area contributed by atoms with E-state index < -0.39 is 51.1 Å². The number of benzene rings is 3. The van der Waals surface area contributed by atoms with Crippen molar-refractivity contribution < 1.29 is 29.0 Å². The van der Waals surface area contributed by atoms with Gasteiger partial charge in [0.25, 0.3) is 11.8 Å². The summed E-state index contributed by atoms with van der Waals surface area (Å²) in [6.07, 6.45) is 1.87. The van der Waals surface area contributed by atoms with Gasteiger partial charge in [0.1, 0.15) is 0 Å². The number of phenolic OH excluding ortho intramolecular Hbond substituents is 1. The molecule has 3 aromatic carbocycles. The summed E-state index contributed by atoms with van der Waals surface area (Å²) in [6.45, 7) is 2.04. The van der Waals surface area contributed by atoms with Gasteiger partial charge in [0.2, 0.25) is 11.8 Å². The Bertz CT molecular complexity index is 1980. The van der Waals surface area contributed by atoms with Crippen molar-refractivity contribution in [1.82, 2.24) is 4.90 Å². The first-order valence-corrected chi connectivity index (χ1v) is 17.1. The van der Waals surface area contributed by atoms with Gasteiger partial charge < -0.3 is 14.7 Å². The Morgan fingerprint density at radius 3 is 2.16 bits per heavy atom. The van der Waals surface area contributed by atoms with Crippen LogP contribution in [0, 0.1) is 17.8 Å². The number of alkyl halides is 2. The van der Waals surface area contributed by atoms with Gasteiger partial charge in [0, 0.05) is 38.3 Å². The number of azo groups is 1. The molecule has 2 aliphatic carbocycles. The first kappa shape index (κ1) is 33.7. The zero-order chi connectivity index (χ0) is 35.7. The summed E-state index contributed by atoms with van der Waals surface area (Å²) in [5, 5.41) is 20.0. The number of carbonyl (C=O) groups excluding carboxylic acids is 4. The second-order valence-corrected chi connectivity index (χ2v) is 14.5. The van der Waals surface area contributed by atoms with Crippen molar-refractivity contribution in [1.29, 1.82) is 0 Å². The molecule has 258 valence electrons. The average Bonchev–Trinajstić information content (AvgIpc) is 3.43. The number of para-hydroxylation sites is 1. The molecule has 50 heavy (non-hydrogen) atoms. The summed E-state index contributed by atoms with van der Waals surface area (Å²) < 4.78 is 5.64. The molecule has 6 atom stereocenters. The van der Waals surface area contributed by atoms with Gasteiger partial charge in [-0.3, -0.25) is 29.0 Å². The van der Waals surface area contributed by atoms with Gasteiger partial charge in [-0.1, -0.05) is 23.8 Å². The van der Waals surface area contributed by atoms with Gasteiger partial charge in [-0.25, -0.2) is 0 Å². The zero-order valence-corrected chi connectivity index (χ0v) is 29.4. The van der Waals surface area contributed by atoms with E-state index >= 15 is 0 Å². The molecule has 3 aromatic rings. The van der Waals surface area contributed by atoms with E-state index in [4.69, 9.17) is 27.9 Å². The van der Waals surface area contributed by atoms with Crippen molar-refractivity contribution in [3.05, 3.63) is 83.9 Å². The van der Waals surface area contributed by atoms with Crippen LogP contribution in [0.5, 0.6) is 11.5 Å². The lowest BCUT2D eigenvalue weighted by molar-refractivity contribution is -0.138. The standard InChI is InChI=1S/C37H35Cl2N5O6/c1-5-50-28-8-6-7-26(31(28)45)30-24-17-18-25-29(27(24)19-36(38)34(48)43(4)35(49)37(30,36)39)33(47)44(32(25)46)23-15-11-21(12-16-23)41-40-20-9-13-22(14-10-20)42(2)3/h6-17,25,27,29-30,45H,5,18-19H2,1-4H3/t25-,27+,29-,30+,36+,37-/m0/s1. The number of fused-ring (bicyclic) bond motifs is 4. The van der Waals surface area contributed by atoms with E-state index in [0.717, 1.165) is 10.6 Å². The number of anilines is 2. The molecule has 4 amide bonds. The third-order valence-corrected chi connectivity index (χ3v) is 11.8. The molecule has 1 N–H and O–H groups in total. The number of nitrogens with zero attached hydrogens (tertiary/aromatic N) is 5. The van der Waals surface area contributed by atoms with Crippen molar-refractivity contribution in [2.45, 2.75) is 35.4 Å². The van der Waals surface area contributed by atoms with Gasteiger partial charge >= 0.3 is 0 Å². The molecule has 2 heterocycles. The predicted octanol–water partition coefficient (Wildman–Crippen LogP) is 6.47. The minimum absolute atomic E-state index is 0.149. The lowest BCUT2D eigenvalue weighted by atomic mass is 9.56. The maximum Gasteiger partial charge on any atom is 0.253 e. The van der Waals surface area contributed by atoms with Crippen LogP contribution in [0.3, 0.4) is 0 Å². The lowest BCUT2D eigenvalue weighted by Crippen LogP contribution is -2.60. The third-order valence-electron chi connectivity index (χ3n) is 10.4. The van der Waals surface area contributed by atoms with Gasteiger partial charge in [-0.15, -0.1) is 23.2 Å². The number of amides is 4. The highest BCUT2D eigenvalue weighted by molar-refractivity contribution is 6.53. The molecule has 0 radical (unpaired) electrons. The molecule has 13 heteroatoms. The van der Waals surface area contributed by atoms with E-state index in [2.05, 4.69) is 10.2 Å². The van der Waals surface area contributed by atoms with Crippen LogP contribution in [0.4, 0.5) is 22.7 Å². The molecule has 1 saturated carbocycles. The van der Waals surface area contributed by atoms with Gasteiger partial charge in [0.05, 0.1) is 35.5 Å². The summed E-state index contributed by atoms with van der Waals surface area (Å²) in [7, 11) is 5.23. The van der Waals surface area contributed by atoms with Crippen molar-refractivity contribution >= 4 is 69.6 Å². The Morgan fingerprint density at radius 1 is 0.900 bits per heavy atom. The first-order valence-electron chi connectivity index (χ1n) is 16.4. The SMILES string of the molecule is CCOc1cccc([C@H]2C3=CC[C@@H]4C(=O)N(c5ccc(N=Nc6ccc(N(C)C)cc6)cc5)C(=O)[C@@H]4[C@@H]3C[C@@]3(Cl)C(=O)N(C)C(=O)[C@@]23Cl)c1O. The molecule has 0 bridgehead atoms. The monoisotopic (exact) mass is 715 g/mol. The molecule has 2 aliphatic heterocycles. The van der Waals surface area contributed by atoms with E-state index in [9.17, 15) is 24.3 Å². The number of imide groups is 2. The Labute approximate surface area is 299 Å². The molecular formula is C37H35Cl2N5O6. The number of hydrogen-bond acceptors (Lipinski definition) is 9. The molecule has 7 rings (SSSR count). The highest BCUT2D eigenvalue weighted by Crippen LogP contribution is 2.66. The van der Waals surface area contributed by atoms with Crippen LogP contribution in [0.1, 0.15) is 31.2 Å². The number of likely N-dealkylation sites (tertiary alicyclic amines) is 1. The molecule has 11 nitrogen and oxygen atoms in total. The topological polar surface area (TPSA) is 132 Å². The second-order valence-electron chi connectivity index (χ2n) is 13.3. The summed E-state index contributed by atoms with van der Waals surface area (Å²) in [5.41, 5.74) is 3.44. The molecule has 0 spiro atoms. The van der Waals surface area contributed by atoms with Gasteiger partial charge in [0.15, 0.2) is 21.2 Å². The number of rotatable bonds is 7. The minimum atomic E-state index is -2.01. The van der Waals surface area contributed by atoms with Crippen LogP contribution in [0.15, 0.2) is 88.6 Å². The Morgan fingerprint density at radius 2 is 1.54 bits per heavy atom. The highest BCUT2D eigenvalue weighted by atomic mass is 35.5. The third kappa shape index (κ3) is 4.85. The average molecular weight is 717 g/mol. The second kappa shape index (κ2) is 12.2. The van der Waals surface area contributed by atoms with Gasteiger partial charge in [-0.2, -0.15) is 10.2 Å². The van der Waals surface area contributed by atoms with E-state index in [1.54, 1.807) is 49.4 Å². The summed E-state index contributed by atoms with van der Waals surface area (Å²) >= 11 is 14.5. The quantitative estimate of drug-likeness (QED) is 0.128. The number of aromatic hydroxyl groups is 1. The molecule has 4 aliphatic rings. The zero-order valence-electron chi connectivity index (χ0n) is 27.8. The smallest absolute Gasteiger partial charge is 0.253 e. The number of phenols is 1. The van der Waals surface area contributed by atoms with Crippen LogP contribution >= 0.6 is 23.2 Å². The number of hydrogen-bond donors (Lipinski definition) is 1. The van der Waals surface area contributed by atoms with Crippen molar-refractivity contribution in [2.75, 3.05) is 37.5 Å². The van der Waals surface area contributed by atoms with Crippen LogP contribution < -0.4 is 14.5 Å². The maximum atomic E-state index is 14.3. The van der Waals surface area contributed by atoms with Crippen LogP contribution in [-0.2, 0) is 19.2 Å². The number of allylic oxidation sites excluding steroid dienone is 2. The van der Waals surface area contributed by atoms with Crippen molar-refractivity contribution in [3.63, 3.8) is 0 Å². The highest BCUT2D eigenvalue weighted by Gasteiger charge is 2.76.